The third-order valence-electron chi connectivity index (χ3n) is 3.47. The molecule has 126 valence electrons. The van der Waals surface area contributed by atoms with Gasteiger partial charge in [0.05, 0.1) is 5.02 Å². The highest BCUT2D eigenvalue weighted by Crippen LogP contribution is 2.25. The fourth-order valence-corrected chi connectivity index (χ4v) is 3.71. The molecule has 0 aliphatic heterocycles. The molecule has 0 saturated heterocycles. The van der Waals surface area contributed by atoms with Crippen molar-refractivity contribution in [1.29, 1.82) is 0 Å². The number of nitrogens with one attached hydrogen (secondary N) is 2. The fourth-order valence-electron chi connectivity index (χ4n) is 2.12. The van der Waals surface area contributed by atoms with Gasteiger partial charge in [-0.2, -0.15) is 0 Å². The van der Waals surface area contributed by atoms with Gasteiger partial charge >= 0.3 is 0 Å². The van der Waals surface area contributed by atoms with Crippen molar-refractivity contribution in [2.24, 2.45) is 0 Å². The molecule has 1 aliphatic rings. The van der Waals surface area contributed by atoms with E-state index in [0.29, 0.717) is 5.56 Å². The van der Waals surface area contributed by atoms with Crippen LogP contribution < -0.4 is 10.0 Å². The molecule has 24 heavy (non-hydrogen) atoms. The van der Waals surface area contributed by atoms with Gasteiger partial charge in [0.15, 0.2) is 0 Å². The van der Waals surface area contributed by atoms with Crippen molar-refractivity contribution in [3.05, 3.63) is 58.9 Å². The number of carbonyl (C=O) groups is 1. The van der Waals surface area contributed by atoms with Crippen LogP contribution in [-0.2, 0) is 10.0 Å². The molecule has 1 saturated carbocycles. The lowest BCUT2D eigenvalue weighted by atomic mass is 10.2. The van der Waals surface area contributed by atoms with Gasteiger partial charge in [0, 0.05) is 17.3 Å². The molecule has 3 rings (SSSR count). The molecule has 0 atom stereocenters. The highest BCUT2D eigenvalue weighted by atomic mass is 35.5. The molecule has 0 unspecified atom stereocenters. The molecule has 2 aromatic rings. The summed E-state index contributed by atoms with van der Waals surface area (Å²) in [5.41, 5.74) is 0.575. The van der Waals surface area contributed by atoms with Crippen molar-refractivity contribution < 1.29 is 17.6 Å². The summed E-state index contributed by atoms with van der Waals surface area (Å²) < 4.78 is 40.2. The van der Waals surface area contributed by atoms with Gasteiger partial charge in [0.2, 0.25) is 0 Å². The van der Waals surface area contributed by atoms with Gasteiger partial charge in [-0.05, 0) is 49.2 Å². The van der Waals surface area contributed by atoms with E-state index in [1.54, 1.807) is 12.1 Å². The molecular formula is C16H14ClFN2O3S. The largest absolute Gasteiger partial charge is 0.349 e. The van der Waals surface area contributed by atoms with E-state index in [2.05, 4.69) is 10.0 Å². The Bertz CT molecular complexity index is 898. The molecule has 0 spiro atoms. The van der Waals surface area contributed by atoms with Crippen LogP contribution in [0.2, 0.25) is 5.02 Å². The maximum Gasteiger partial charge on any atom is 0.263 e. The highest BCUT2D eigenvalue weighted by Gasteiger charge is 2.24. The number of sulfonamides is 1. The first-order chi connectivity index (χ1) is 11.3. The summed E-state index contributed by atoms with van der Waals surface area (Å²) in [6, 6.07) is 9.36. The van der Waals surface area contributed by atoms with Crippen molar-refractivity contribution >= 4 is 33.2 Å². The lowest BCUT2D eigenvalue weighted by Crippen LogP contribution is -2.25. The van der Waals surface area contributed by atoms with Crippen LogP contribution in [0.15, 0.2) is 47.4 Å². The average Bonchev–Trinajstić information content (AvgIpc) is 3.30. The maximum absolute atomic E-state index is 13.1. The van der Waals surface area contributed by atoms with Crippen molar-refractivity contribution in [1.82, 2.24) is 5.32 Å². The Balaban J connectivity index is 1.83. The predicted molar refractivity (Wildman–Crippen MR) is 89.1 cm³/mol. The van der Waals surface area contributed by atoms with E-state index in [4.69, 9.17) is 11.6 Å². The van der Waals surface area contributed by atoms with Crippen LogP contribution in [0.4, 0.5) is 10.1 Å². The predicted octanol–water partition coefficient (Wildman–Crippen LogP) is 3.17. The molecule has 1 amide bonds. The topological polar surface area (TPSA) is 75.3 Å². The minimum absolute atomic E-state index is 0.205. The Labute approximate surface area is 143 Å². The van der Waals surface area contributed by atoms with Crippen LogP contribution in [0.3, 0.4) is 0 Å². The minimum atomic E-state index is -3.99. The molecular weight excluding hydrogens is 355 g/mol. The number of anilines is 1. The second kappa shape index (κ2) is 6.41. The zero-order valence-corrected chi connectivity index (χ0v) is 14.0. The Kier molecular flexibility index (Phi) is 4.47. The van der Waals surface area contributed by atoms with E-state index in [1.807, 2.05) is 0 Å². The van der Waals surface area contributed by atoms with Gasteiger partial charge in [-0.25, -0.2) is 12.8 Å². The smallest absolute Gasteiger partial charge is 0.263 e. The van der Waals surface area contributed by atoms with Gasteiger partial charge in [-0.1, -0.05) is 17.7 Å². The van der Waals surface area contributed by atoms with E-state index in [1.165, 1.54) is 12.1 Å². The molecule has 0 aromatic heterocycles. The summed E-state index contributed by atoms with van der Waals surface area (Å²) in [7, 11) is -3.99. The van der Waals surface area contributed by atoms with E-state index < -0.39 is 15.8 Å². The zero-order valence-electron chi connectivity index (χ0n) is 12.4. The van der Waals surface area contributed by atoms with Crippen LogP contribution in [-0.4, -0.2) is 20.4 Å². The summed E-state index contributed by atoms with van der Waals surface area (Å²) in [5, 5.41) is 2.61. The average molecular weight is 369 g/mol. The zero-order chi connectivity index (χ0) is 17.3. The molecule has 0 heterocycles. The van der Waals surface area contributed by atoms with Gasteiger partial charge in [-0.15, -0.1) is 0 Å². The number of benzene rings is 2. The molecule has 8 heteroatoms. The van der Waals surface area contributed by atoms with Crippen molar-refractivity contribution in [3.63, 3.8) is 0 Å². The van der Waals surface area contributed by atoms with Crippen molar-refractivity contribution in [3.8, 4) is 0 Å². The Morgan fingerprint density at radius 2 is 1.92 bits per heavy atom. The fraction of sp³-hybridized carbons (Fsp3) is 0.188. The number of rotatable bonds is 5. The van der Waals surface area contributed by atoms with Crippen LogP contribution in [0.25, 0.3) is 0 Å². The van der Waals surface area contributed by atoms with E-state index in [0.717, 1.165) is 31.0 Å². The minimum Gasteiger partial charge on any atom is -0.349 e. The first kappa shape index (κ1) is 16.7. The van der Waals surface area contributed by atoms with E-state index >= 15 is 0 Å². The van der Waals surface area contributed by atoms with Crippen molar-refractivity contribution in [2.75, 3.05) is 4.72 Å². The van der Waals surface area contributed by atoms with E-state index in [-0.39, 0.29) is 27.6 Å². The summed E-state index contributed by atoms with van der Waals surface area (Å²) >= 11 is 5.80. The summed E-state index contributed by atoms with van der Waals surface area (Å²) in [5.74, 6) is -0.879. The lowest BCUT2D eigenvalue weighted by molar-refractivity contribution is 0.0951. The third kappa shape index (κ3) is 3.85. The summed E-state index contributed by atoms with van der Waals surface area (Å²) in [6.45, 7) is 0. The molecule has 1 aliphatic carbocycles. The molecule has 2 N–H and O–H groups in total. The van der Waals surface area contributed by atoms with Gasteiger partial charge in [0.1, 0.15) is 10.7 Å². The van der Waals surface area contributed by atoms with E-state index in [9.17, 15) is 17.6 Å². The monoisotopic (exact) mass is 368 g/mol. The summed E-state index contributed by atoms with van der Waals surface area (Å²) in [6.07, 6.45) is 1.92. The van der Waals surface area contributed by atoms with Crippen molar-refractivity contribution in [2.45, 2.75) is 23.8 Å². The second-order valence-corrected chi connectivity index (χ2v) is 7.57. The van der Waals surface area contributed by atoms with Crippen LogP contribution in [0.5, 0.6) is 0 Å². The molecule has 0 radical (unpaired) electrons. The SMILES string of the molecule is O=C(NC1CC1)c1cccc(NS(=O)(=O)c2ccc(F)cc2Cl)c1. The lowest BCUT2D eigenvalue weighted by Gasteiger charge is -2.11. The second-order valence-electron chi connectivity index (χ2n) is 5.51. The molecule has 5 nitrogen and oxygen atoms in total. The molecule has 1 fully saturated rings. The molecule has 2 aromatic carbocycles. The first-order valence-electron chi connectivity index (χ1n) is 7.24. The maximum atomic E-state index is 13.1. The Morgan fingerprint density at radius 1 is 1.17 bits per heavy atom. The number of hydrogen-bond acceptors (Lipinski definition) is 3. The number of carbonyl (C=O) groups excluding carboxylic acids is 1. The highest BCUT2D eigenvalue weighted by molar-refractivity contribution is 7.92. The number of amides is 1. The van der Waals surface area contributed by atoms with Crippen LogP contribution in [0.1, 0.15) is 23.2 Å². The quantitative estimate of drug-likeness (QED) is 0.851. The van der Waals surface area contributed by atoms with Gasteiger partial charge < -0.3 is 5.32 Å². The van der Waals surface area contributed by atoms with Gasteiger partial charge in [0.25, 0.3) is 15.9 Å². The normalized spacial score (nSPS) is 14.2. The molecule has 0 bridgehead atoms. The number of hydrogen-bond donors (Lipinski definition) is 2. The van der Waals surface area contributed by atoms with Gasteiger partial charge in [-0.3, -0.25) is 9.52 Å². The Hall–Kier alpha value is -2.12. The Morgan fingerprint density at radius 3 is 2.58 bits per heavy atom. The number of halogens is 2. The standard InChI is InChI=1S/C16H14ClFN2O3S/c17-14-9-11(18)4-7-15(14)24(22,23)20-13-3-1-2-10(8-13)16(21)19-12-5-6-12/h1-4,7-9,12,20H,5-6H2,(H,19,21). The first-order valence-corrected chi connectivity index (χ1v) is 9.10. The summed E-state index contributed by atoms with van der Waals surface area (Å²) in [4.78, 5) is 11.8. The third-order valence-corrected chi connectivity index (χ3v) is 5.34. The van der Waals surface area contributed by atoms with Crippen LogP contribution in [0, 0.1) is 5.82 Å². The van der Waals surface area contributed by atoms with Crippen LogP contribution >= 0.6 is 11.6 Å².